The zero-order valence-corrected chi connectivity index (χ0v) is 9.15. The van der Waals surface area contributed by atoms with Gasteiger partial charge in [-0.3, -0.25) is 0 Å². The van der Waals surface area contributed by atoms with E-state index in [2.05, 4.69) is 0 Å². The Balaban J connectivity index is 2.11. The molecule has 6 heteroatoms. The molecule has 1 aromatic carbocycles. The zero-order valence-electron chi connectivity index (χ0n) is 8.34. The number of aliphatic hydroxyl groups excluding tert-OH is 1. The Morgan fingerprint density at radius 2 is 2.12 bits per heavy atom. The van der Waals surface area contributed by atoms with Crippen LogP contribution in [0.4, 0.5) is 4.39 Å². The number of hydrogen-bond acceptors (Lipinski definition) is 4. The number of hydrogen-bond donors (Lipinski definition) is 1. The average Bonchev–Trinajstić information content (AvgIpc) is 2.39. The van der Waals surface area contributed by atoms with Crippen LogP contribution in [0.25, 0.3) is 0 Å². The molecule has 0 aromatic heterocycles. The highest BCUT2D eigenvalue weighted by Gasteiger charge is 2.38. The molecule has 0 amide bonds. The highest BCUT2D eigenvalue weighted by molar-refractivity contribution is 7.91. The molecule has 0 radical (unpaired) electrons. The summed E-state index contributed by atoms with van der Waals surface area (Å²) in [5.41, 5.74) is 0. The summed E-state index contributed by atoms with van der Waals surface area (Å²) in [7, 11) is -3.24. The van der Waals surface area contributed by atoms with E-state index >= 15 is 0 Å². The minimum Gasteiger partial charge on any atom is -0.487 e. The molecular weight excluding hydrogens is 235 g/mol. The summed E-state index contributed by atoms with van der Waals surface area (Å²) in [5, 5.41) is 9.46. The van der Waals surface area contributed by atoms with E-state index in [0.717, 1.165) is 6.07 Å². The maximum absolute atomic E-state index is 12.8. The third-order valence-corrected chi connectivity index (χ3v) is 4.04. The lowest BCUT2D eigenvalue weighted by molar-refractivity contribution is 0.0736. The number of halogens is 1. The van der Waals surface area contributed by atoms with Crippen molar-refractivity contribution in [2.75, 3.05) is 11.5 Å². The lowest BCUT2D eigenvalue weighted by Gasteiger charge is -2.15. The Kier molecular flexibility index (Phi) is 2.86. The van der Waals surface area contributed by atoms with Gasteiger partial charge < -0.3 is 9.84 Å². The summed E-state index contributed by atoms with van der Waals surface area (Å²) in [5.74, 6) is -0.772. The molecule has 1 N–H and O–H groups in total. The molecule has 1 fully saturated rings. The van der Waals surface area contributed by atoms with Crippen LogP contribution in [-0.2, 0) is 9.84 Å². The van der Waals surface area contributed by atoms with Gasteiger partial charge in [0.05, 0.1) is 11.5 Å². The van der Waals surface area contributed by atoms with Gasteiger partial charge in [0, 0.05) is 6.07 Å². The minimum absolute atomic E-state index is 0.223. The molecule has 0 aliphatic carbocycles. The van der Waals surface area contributed by atoms with Crippen molar-refractivity contribution < 1.29 is 22.7 Å². The molecule has 1 aliphatic heterocycles. The molecule has 1 heterocycles. The Hall–Kier alpha value is -1.14. The number of sulfone groups is 1. The van der Waals surface area contributed by atoms with E-state index in [-0.39, 0.29) is 17.3 Å². The van der Waals surface area contributed by atoms with Crippen LogP contribution in [0.15, 0.2) is 24.3 Å². The van der Waals surface area contributed by atoms with Crippen molar-refractivity contribution >= 4 is 9.84 Å². The third-order valence-electron chi connectivity index (χ3n) is 2.36. The summed E-state index contributed by atoms with van der Waals surface area (Å²) in [6.45, 7) is 0. The molecule has 1 saturated heterocycles. The van der Waals surface area contributed by atoms with Crippen molar-refractivity contribution in [2.24, 2.45) is 0 Å². The third kappa shape index (κ3) is 2.51. The molecule has 0 spiro atoms. The Labute approximate surface area is 92.6 Å². The van der Waals surface area contributed by atoms with Crippen molar-refractivity contribution in [1.82, 2.24) is 0 Å². The SMILES string of the molecule is O=S1(=O)CC(O)C(Oc2cccc(F)c2)C1. The van der Waals surface area contributed by atoms with E-state index in [1.165, 1.54) is 18.2 Å². The van der Waals surface area contributed by atoms with Crippen LogP contribution in [0.3, 0.4) is 0 Å². The van der Waals surface area contributed by atoms with Gasteiger partial charge in [-0.15, -0.1) is 0 Å². The second kappa shape index (κ2) is 4.03. The van der Waals surface area contributed by atoms with Gasteiger partial charge in [-0.2, -0.15) is 0 Å². The van der Waals surface area contributed by atoms with Crippen LogP contribution in [0.2, 0.25) is 0 Å². The van der Waals surface area contributed by atoms with Crippen LogP contribution in [0.1, 0.15) is 0 Å². The monoisotopic (exact) mass is 246 g/mol. The van der Waals surface area contributed by atoms with Gasteiger partial charge in [-0.05, 0) is 12.1 Å². The van der Waals surface area contributed by atoms with Gasteiger partial charge in [0.2, 0.25) is 0 Å². The molecule has 1 aromatic rings. The Morgan fingerprint density at radius 3 is 2.69 bits per heavy atom. The minimum atomic E-state index is -3.24. The summed E-state index contributed by atoms with van der Waals surface area (Å²) in [6.07, 6.45) is -1.86. The predicted molar refractivity (Wildman–Crippen MR) is 55.5 cm³/mol. The van der Waals surface area contributed by atoms with Crippen LogP contribution in [0.5, 0.6) is 5.75 Å². The summed E-state index contributed by atoms with van der Waals surface area (Å²) in [6, 6.07) is 5.38. The summed E-state index contributed by atoms with van der Waals surface area (Å²) < 4.78 is 40.5. The molecule has 2 unspecified atom stereocenters. The van der Waals surface area contributed by atoms with Gasteiger partial charge in [-0.25, -0.2) is 12.8 Å². The first-order chi connectivity index (χ1) is 7.46. The quantitative estimate of drug-likeness (QED) is 0.818. The fourth-order valence-electron chi connectivity index (χ4n) is 1.62. The summed E-state index contributed by atoms with van der Waals surface area (Å²) >= 11 is 0. The fraction of sp³-hybridized carbons (Fsp3) is 0.400. The van der Waals surface area contributed by atoms with Gasteiger partial charge >= 0.3 is 0 Å². The normalized spacial score (nSPS) is 27.9. The van der Waals surface area contributed by atoms with E-state index in [1.807, 2.05) is 0 Å². The highest BCUT2D eigenvalue weighted by Crippen LogP contribution is 2.20. The number of benzene rings is 1. The molecular formula is C10H11FO4S. The smallest absolute Gasteiger partial charge is 0.156 e. The zero-order chi connectivity index (χ0) is 11.8. The van der Waals surface area contributed by atoms with Crippen molar-refractivity contribution in [3.05, 3.63) is 30.1 Å². The lowest BCUT2D eigenvalue weighted by Crippen LogP contribution is -2.29. The van der Waals surface area contributed by atoms with Gasteiger partial charge in [0.1, 0.15) is 23.8 Å². The van der Waals surface area contributed by atoms with Crippen LogP contribution in [-0.4, -0.2) is 37.2 Å². The maximum atomic E-state index is 12.8. The van der Waals surface area contributed by atoms with Gasteiger partial charge in [0.15, 0.2) is 9.84 Å². The first-order valence-corrected chi connectivity index (χ1v) is 6.59. The largest absolute Gasteiger partial charge is 0.487 e. The molecule has 0 saturated carbocycles. The van der Waals surface area contributed by atoms with Crippen LogP contribution in [0, 0.1) is 5.82 Å². The Bertz CT molecular complexity index is 485. The van der Waals surface area contributed by atoms with Gasteiger partial charge in [0.25, 0.3) is 0 Å². The van der Waals surface area contributed by atoms with Crippen molar-refractivity contribution in [3.8, 4) is 5.75 Å². The van der Waals surface area contributed by atoms with Gasteiger partial charge in [-0.1, -0.05) is 6.07 Å². The van der Waals surface area contributed by atoms with E-state index in [1.54, 1.807) is 0 Å². The molecule has 2 rings (SSSR count). The van der Waals surface area contributed by atoms with Crippen LogP contribution < -0.4 is 4.74 Å². The second-order valence-electron chi connectivity index (χ2n) is 3.76. The highest BCUT2D eigenvalue weighted by atomic mass is 32.2. The fourth-order valence-corrected chi connectivity index (χ4v) is 3.29. The molecule has 88 valence electrons. The average molecular weight is 246 g/mol. The first kappa shape index (κ1) is 11.3. The number of ether oxygens (including phenoxy) is 1. The first-order valence-electron chi connectivity index (χ1n) is 4.77. The van der Waals surface area contributed by atoms with Crippen molar-refractivity contribution in [2.45, 2.75) is 12.2 Å². The van der Waals surface area contributed by atoms with Crippen molar-refractivity contribution in [3.63, 3.8) is 0 Å². The van der Waals surface area contributed by atoms with Crippen molar-refractivity contribution in [1.29, 1.82) is 0 Å². The number of rotatable bonds is 2. The molecule has 0 bridgehead atoms. The van der Waals surface area contributed by atoms with Crippen LogP contribution >= 0.6 is 0 Å². The Morgan fingerprint density at radius 1 is 1.38 bits per heavy atom. The van der Waals surface area contributed by atoms with E-state index < -0.39 is 27.9 Å². The standard InChI is InChI=1S/C10H11FO4S/c11-7-2-1-3-8(4-7)15-10-6-16(13,14)5-9(10)12/h1-4,9-10,12H,5-6H2. The second-order valence-corrected chi connectivity index (χ2v) is 5.91. The molecule has 1 aliphatic rings. The van der Waals surface area contributed by atoms with E-state index in [4.69, 9.17) is 4.74 Å². The van der Waals surface area contributed by atoms with E-state index in [9.17, 15) is 17.9 Å². The number of aliphatic hydroxyl groups is 1. The summed E-state index contributed by atoms with van der Waals surface area (Å²) in [4.78, 5) is 0. The molecule has 2 atom stereocenters. The maximum Gasteiger partial charge on any atom is 0.156 e. The lowest BCUT2D eigenvalue weighted by atomic mass is 10.2. The molecule has 4 nitrogen and oxygen atoms in total. The van der Waals surface area contributed by atoms with E-state index in [0.29, 0.717) is 0 Å². The molecule has 16 heavy (non-hydrogen) atoms. The predicted octanol–water partition coefficient (Wildman–Crippen LogP) is 0.362. The topological polar surface area (TPSA) is 63.6 Å².